The predicted octanol–water partition coefficient (Wildman–Crippen LogP) is 3.21. The second-order valence-corrected chi connectivity index (χ2v) is 5.17. The molecular formula is C14H23ClN2O. The van der Waals surface area contributed by atoms with Gasteiger partial charge in [0.1, 0.15) is 5.75 Å². The van der Waals surface area contributed by atoms with Crippen LogP contribution in [0.3, 0.4) is 0 Å². The number of nitrogens with two attached hydrogens (primary N) is 2. The van der Waals surface area contributed by atoms with Crippen molar-refractivity contribution in [1.82, 2.24) is 0 Å². The molecule has 102 valence electrons. The molecule has 0 aliphatic heterocycles. The molecule has 0 fully saturated rings. The topological polar surface area (TPSA) is 61.3 Å². The first-order chi connectivity index (χ1) is 8.51. The SMILES string of the molecule is CCCOc1c(Cl)cc(C(N)CN)cc1C(C)C. The van der Waals surface area contributed by atoms with Crippen LogP contribution >= 0.6 is 11.6 Å². The van der Waals surface area contributed by atoms with Gasteiger partial charge in [0.15, 0.2) is 0 Å². The highest BCUT2D eigenvalue weighted by atomic mass is 35.5. The second kappa shape index (κ2) is 6.98. The number of benzene rings is 1. The molecule has 1 rings (SSSR count). The highest BCUT2D eigenvalue weighted by Gasteiger charge is 2.16. The van der Waals surface area contributed by atoms with E-state index < -0.39 is 0 Å². The third-order valence-corrected chi connectivity index (χ3v) is 3.13. The van der Waals surface area contributed by atoms with Gasteiger partial charge in [0.05, 0.1) is 11.6 Å². The fourth-order valence-corrected chi connectivity index (χ4v) is 2.06. The van der Waals surface area contributed by atoms with Gasteiger partial charge in [0.25, 0.3) is 0 Å². The molecule has 4 N–H and O–H groups in total. The molecule has 0 saturated heterocycles. The Hall–Kier alpha value is -0.770. The molecular weight excluding hydrogens is 248 g/mol. The smallest absolute Gasteiger partial charge is 0.141 e. The van der Waals surface area contributed by atoms with Gasteiger partial charge >= 0.3 is 0 Å². The zero-order chi connectivity index (χ0) is 13.7. The average Bonchev–Trinajstić information content (AvgIpc) is 2.35. The van der Waals surface area contributed by atoms with Crippen molar-refractivity contribution in [2.45, 2.75) is 39.2 Å². The average molecular weight is 271 g/mol. The first-order valence-electron chi connectivity index (χ1n) is 6.43. The Morgan fingerprint density at radius 3 is 2.50 bits per heavy atom. The first-order valence-corrected chi connectivity index (χ1v) is 6.80. The van der Waals surface area contributed by atoms with Crippen LogP contribution in [-0.2, 0) is 0 Å². The lowest BCUT2D eigenvalue weighted by Gasteiger charge is -2.19. The molecule has 0 saturated carbocycles. The van der Waals surface area contributed by atoms with E-state index >= 15 is 0 Å². The van der Waals surface area contributed by atoms with Gasteiger partial charge in [-0.3, -0.25) is 0 Å². The standard InChI is InChI=1S/C14H23ClN2O/c1-4-5-18-14-11(9(2)3)6-10(7-12(14)15)13(17)8-16/h6-7,9,13H,4-5,8,16-17H2,1-3H3. The lowest BCUT2D eigenvalue weighted by molar-refractivity contribution is 0.313. The molecule has 0 spiro atoms. The van der Waals surface area contributed by atoms with Crippen molar-refractivity contribution in [2.24, 2.45) is 11.5 Å². The van der Waals surface area contributed by atoms with Gasteiger partial charge in [-0.2, -0.15) is 0 Å². The van der Waals surface area contributed by atoms with E-state index in [1.54, 1.807) is 0 Å². The summed E-state index contributed by atoms with van der Waals surface area (Å²) >= 11 is 6.29. The Labute approximate surface area is 114 Å². The Bertz CT molecular complexity index is 394. The largest absolute Gasteiger partial charge is 0.492 e. The first kappa shape index (κ1) is 15.3. The summed E-state index contributed by atoms with van der Waals surface area (Å²) in [5.41, 5.74) is 13.6. The molecule has 0 bridgehead atoms. The van der Waals surface area contributed by atoms with Crippen LogP contribution in [0.5, 0.6) is 5.75 Å². The van der Waals surface area contributed by atoms with Crippen LogP contribution in [0.15, 0.2) is 12.1 Å². The fourth-order valence-electron chi connectivity index (χ4n) is 1.77. The zero-order valence-corrected chi connectivity index (χ0v) is 12.1. The second-order valence-electron chi connectivity index (χ2n) is 4.77. The van der Waals surface area contributed by atoms with E-state index in [-0.39, 0.29) is 6.04 Å². The summed E-state index contributed by atoms with van der Waals surface area (Å²) in [6, 6.07) is 3.73. The molecule has 4 heteroatoms. The van der Waals surface area contributed by atoms with Crippen LogP contribution < -0.4 is 16.2 Å². The van der Waals surface area contributed by atoms with Crippen LogP contribution in [0.25, 0.3) is 0 Å². The quantitative estimate of drug-likeness (QED) is 0.834. The van der Waals surface area contributed by atoms with Gasteiger partial charge < -0.3 is 16.2 Å². The minimum absolute atomic E-state index is 0.180. The monoisotopic (exact) mass is 270 g/mol. The van der Waals surface area contributed by atoms with Crippen LogP contribution in [0.4, 0.5) is 0 Å². The Morgan fingerprint density at radius 2 is 2.00 bits per heavy atom. The van der Waals surface area contributed by atoms with Gasteiger partial charge in [0, 0.05) is 12.6 Å². The zero-order valence-electron chi connectivity index (χ0n) is 11.4. The molecule has 0 radical (unpaired) electrons. The molecule has 0 aliphatic carbocycles. The van der Waals surface area contributed by atoms with E-state index in [9.17, 15) is 0 Å². The van der Waals surface area contributed by atoms with Crippen molar-refractivity contribution >= 4 is 11.6 Å². The number of halogens is 1. The van der Waals surface area contributed by atoms with Crippen molar-refractivity contribution in [3.63, 3.8) is 0 Å². The molecule has 1 atom stereocenters. The van der Waals surface area contributed by atoms with Crippen LogP contribution in [-0.4, -0.2) is 13.2 Å². The number of rotatable bonds is 6. The van der Waals surface area contributed by atoms with Crippen molar-refractivity contribution in [3.8, 4) is 5.75 Å². The minimum atomic E-state index is -0.180. The molecule has 0 heterocycles. The Balaban J connectivity index is 3.18. The van der Waals surface area contributed by atoms with Crippen LogP contribution in [0, 0.1) is 0 Å². The maximum atomic E-state index is 6.29. The van der Waals surface area contributed by atoms with Crippen LogP contribution in [0.2, 0.25) is 5.02 Å². The summed E-state index contributed by atoms with van der Waals surface area (Å²) in [5, 5.41) is 0.619. The van der Waals surface area contributed by atoms with Gasteiger partial charge in [-0.15, -0.1) is 0 Å². The maximum absolute atomic E-state index is 6.29. The van der Waals surface area contributed by atoms with E-state index in [1.807, 2.05) is 6.07 Å². The summed E-state index contributed by atoms with van der Waals surface area (Å²) in [7, 11) is 0. The molecule has 1 aromatic rings. The van der Waals surface area contributed by atoms with Crippen molar-refractivity contribution in [3.05, 3.63) is 28.3 Å². The van der Waals surface area contributed by atoms with E-state index in [1.165, 1.54) is 0 Å². The molecule has 0 aliphatic rings. The van der Waals surface area contributed by atoms with Gasteiger partial charge in [-0.05, 0) is 29.5 Å². The number of hydrogen-bond acceptors (Lipinski definition) is 3. The molecule has 0 amide bonds. The van der Waals surface area contributed by atoms with E-state index in [0.29, 0.717) is 24.1 Å². The normalized spacial score (nSPS) is 12.8. The molecule has 1 aromatic carbocycles. The lowest BCUT2D eigenvalue weighted by atomic mass is 9.96. The van der Waals surface area contributed by atoms with Crippen molar-refractivity contribution in [2.75, 3.05) is 13.2 Å². The van der Waals surface area contributed by atoms with E-state index in [4.69, 9.17) is 27.8 Å². The van der Waals surface area contributed by atoms with Gasteiger partial charge in [-0.1, -0.05) is 38.4 Å². The maximum Gasteiger partial charge on any atom is 0.141 e. The fraction of sp³-hybridized carbons (Fsp3) is 0.571. The number of ether oxygens (including phenoxy) is 1. The predicted molar refractivity (Wildman–Crippen MR) is 77.3 cm³/mol. The van der Waals surface area contributed by atoms with E-state index in [0.717, 1.165) is 23.3 Å². The molecule has 18 heavy (non-hydrogen) atoms. The third kappa shape index (κ3) is 3.61. The van der Waals surface area contributed by atoms with Crippen molar-refractivity contribution in [1.29, 1.82) is 0 Å². The number of hydrogen-bond donors (Lipinski definition) is 2. The van der Waals surface area contributed by atoms with Gasteiger partial charge in [-0.25, -0.2) is 0 Å². The highest BCUT2D eigenvalue weighted by molar-refractivity contribution is 6.32. The Morgan fingerprint density at radius 1 is 1.33 bits per heavy atom. The minimum Gasteiger partial charge on any atom is -0.492 e. The van der Waals surface area contributed by atoms with E-state index in [2.05, 4.69) is 26.8 Å². The molecule has 0 aromatic heterocycles. The summed E-state index contributed by atoms with van der Waals surface area (Å²) in [5.74, 6) is 1.11. The van der Waals surface area contributed by atoms with Crippen molar-refractivity contribution < 1.29 is 4.74 Å². The van der Waals surface area contributed by atoms with Crippen LogP contribution in [0.1, 0.15) is 50.3 Å². The lowest BCUT2D eigenvalue weighted by Crippen LogP contribution is -2.21. The summed E-state index contributed by atoms with van der Waals surface area (Å²) in [4.78, 5) is 0. The Kier molecular flexibility index (Phi) is 5.93. The third-order valence-electron chi connectivity index (χ3n) is 2.85. The summed E-state index contributed by atoms with van der Waals surface area (Å²) in [6.07, 6.45) is 0.956. The molecule has 3 nitrogen and oxygen atoms in total. The summed E-state index contributed by atoms with van der Waals surface area (Å²) < 4.78 is 5.74. The highest BCUT2D eigenvalue weighted by Crippen LogP contribution is 2.36. The van der Waals surface area contributed by atoms with Gasteiger partial charge in [0.2, 0.25) is 0 Å². The molecule has 1 unspecified atom stereocenters. The summed E-state index contributed by atoms with van der Waals surface area (Å²) in [6.45, 7) is 7.37.